The third-order valence-corrected chi connectivity index (χ3v) is 4.42. The summed E-state index contributed by atoms with van der Waals surface area (Å²) in [5.41, 5.74) is 3.34. The molecule has 0 radical (unpaired) electrons. The maximum absolute atomic E-state index is 6.39. The molecule has 1 N–H and O–H groups in total. The number of hydrogen-bond donors (Lipinski definition) is 1. The van der Waals surface area contributed by atoms with Crippen molar-refractivity contribution in [1.29, 1.82) is 0 Å². The molecule has 2 aliphatic heterocycles. The van der Waals surface area contributed by atoms with Gasteiger partial charge in [0.05, 0.1) is 6.54 Å². The third-order valence-electron chi connectivity index (χ3n) is 4.07. The van der Waals surface area contributed by atoms with Gasteiger partial charge in [0.1, 0.15) is 5.58 Å². The molecule has 0 saturated heterocycles. The summed E-state index contributed by atoms with van der Waals surface area (Å²) in [6.07, 6.45) is 0.957. The number of amidine groups is 1. The average molecular weight is 363 g/mol. The normalized spacial score (nSPS) is 17.3. The molecule has 2 aliphatic rings. The van der Waals surface area contributed by atoms with Gasteiger partial charge >= 0.3 is 0 Å². The van der Waals surface area contributed by atoms with Crippen molar-refractivity contribution < 1.29 is 4.42 Å². The Balaban J connectivity index is 0.000000882. The van der Waals surface area contributed by atoms with Crippen LogP contribution in [0.5, 0.6) is 0 Å². The molecule has 1 aromatic heterocycles. The van der Waals surface area contributed by atoms with E-state index >= 15 is 0 Å². The van der Waals surface area contributed by atoms with Gasteiger partial charge < -0.3 is 14.6 Å². The fourth-order valence-electron chi connectivity index (χ4n) is 3.09. The monoisotopic (exact) mass is 361 g/mol. The van der Waals surface area contributed by atoms with E-state index in [9.17, 15) is 0 Å². The minimum absolute atomic E-state index is 0. The second-order valence-corrected chi connectivity index (χ2v) is 5.86. The first-order chi connectivity index (χ1) is 9.74. The molecule has 2 aromatic rings. The highest BCUT2D eigenvalue weighted by Crippen LogP contribution is 2.36. The summed E-state index contributed by atoms with van der Waals surface area (Å²) in [4.78, 5) is 6.81. The maximum atomic E-state index is 6.39. The maximum Gasteiger partial charge on any atom is 0.174 e. The minimum Gasteiger partial charge on any atom is -0.452 e. The predicted molar refractivity (Wildman–Crippen MR) is 95.2 cm³/mol. The highest BCUT2D eigenvalue weighted by atomic mass is 35.5. The number of rotatable bonds is 1. The number of likely N-dealkylation sites (N-methyl/N-ethyl adjacent to an activating group) is 1. The van der Waals surface area contributed by atoms with E-state index in [4.69, 9.17) is 16.0 Å². The highest BCUT2D eigenvalue weighted by Gasteiger charge is 2.26. The Morgan fingerprint density at radius 1 is 1.27 bits per heavy atom. The second-order valence-electron chi connectivity index (χ2n) is 5.45. The highest BCUT2D eigenvalue weighted by molar-refractivity contribution is 6.32. The van der Waals surface area contributed by atoms with Gasteiger partial charge in [0.15, 0.2) is 11.6 Å². The molecule has 0 saturated carbocycles. The van der Waals surface area contributed by atoms with Crippen LogP contribution in [-0.4, -0.2) is 37.4 Å². The van der Waals surface area contributed by atoms with Gasteiger partial charge in [-0.3, -0.25) is 4.99 Å². The fraction of sp³-hybridized carbons (Fsp3) is 0.400. The van der Waals surface area contributed by atoms with Crippen molar-refractivity contribution in [2.45, 2.75) is 13.0 Å². The van der Waals surface area contributed by atoms with Crippen LogP contribution in [0, 0.1) is 0 Å². The van der Waals surface area contributed by atoms with E-state index in [1.54, 1.807) is 0 Å². The molecule has 0 atom stereocenters. The molecular formula is C15H18Cl3N3O. The van der Waals surface area contributed by atoms with Crippen LogP contribution in [0.3, 0.4) is 0 Å². The van der Waals surface area contributed by atoms with Crippen molar-refractivity contribution in [3.63, 3.8) is 0 Å². The zero-order chi connectivity index (χ0) is 13.7. The number of benzene rings is 1. The average Bonchev–Trinajstić information content (AvgIpc) is 3.02. The van der Waals surface area contributed by atoms with Gasteiger partial charge in [0.2, 0.25) is 0 Å². The van der Waals surface area contributed by atoms with Crippen LogP contribution in [0.2, 0.25) is 5.02 Å². The Hall–Kier alpha value is -0.940. The second kappa shape index (κ2) is 6.67. The lowest BCUT2D eigenvalue weighted by Crippen LogP contribution is -2.23. The van der Waals surface area contributed by atoms with Crippen LogP contribution in [0.1, 0.15) is 16.9 Å². The molecule has 0 unspecified atom stereocenters. The molecule has 4 rings (SSSR count). The van der Waals surface area contributed by atoms with Gasteiger partial charge in [-0.1, -0.05) is 11.6 Å². The van der Waals surface area contributed by atoms with Crippen LogP contribution in [0.25, 0.3) is 11.0 Å². The van der Waals surface area contributed by atoms with Crippen molar-refractivity contribution in [2.75, 3.05) is 26.7 Å². The Kier molecular flexibility index (Phi) is 5.28. The van der Waals surface area contributed by atoms with Gasteiger partial charge in [-0.15, -0.1) is 24.8 Å². The van der Waals surface area contributed by atoms with Crippen LogP contribution in [0.4, 0.5) is 0 Å². The number of nitrogens with one attached hydrogen (secondary N) is 1. The van der Waals surface area contributed by atoms with E-state index in [1.807, 2.05) is 12.1 Å². The lowest BCUT2D eigenvalue weighted by molar-refractivity contribution is 0.334. The molecule has 4 nitrogen and oxygen atoms in total. The number of hydrogen-bond acceptors (Lipinski definition) is 4. The fourth-order valence-corrected chi connectivity index (χ4v) is 3.34. The summed E-state index contributed by atoms with van der Waals surface area (Å²) < 4.78 is 6.08. The molecule has 1 aromatic carbocycles. The van der Waals surface area contributed by atoms with E-state index in [1.165, 1.54) is 16.5 Å². The number of nitrogens with zero attached hydrogens (tertiary/aromatic N) is 2. The van der Waals surface area contributed by atoms with Crippen molar-refractivity contribution in [3.8, 4) is 0 Å². The van der Waals surface area contributed by atoms with Crippen LogP contribution >= 0.6 is 36.4 Å². The lowest BCUT2D eigenvalue weighted by atomic mass is 10.0. The van der Waals surface area contributed by atoms with E-state index in [0.717, 1.165) is 54.8 Å². The third kappa shape index (κ3) is 2.69. The molecule has 120 valence electrons. The Labute approximate surface area is 146 Å². The lowest BCUT2D eigenvalue weighted by Gasteiger charge is -2.13. The molecule has 0 spiro atoms. The summed E-state index contributed by atoms with van der Waals surface area (Å²) in [5, 5.41) is 5.33. The Morgan fingerprint density at radius 3 is 2.82 bits per heavy atom. The Bertz CT molecular complexity index is 726. The largest absolute Gasteiger partial charge is 0.452 e. The predicted octanol–water partition coefficient (Wildman–Crippen LogP) is 3.27. The smallest absolute Gasteiger partial charge is 0.174 e. The van der Waals surface area contributed by atoms with Crippen molar-refractivity contribution in [1.82, 2.24) is 10.2 Å². The van der Waals surface area contributed by atoms with Crippen LogP contribution in [-0.2, 0) is 13.0 Å². The quantitative estimate of drug-likeness (QED) is 0.846. The Morgan fingerprint density at radius 2 is 2.09 bits per heavy atom. The molecule has 0 fully saturated rings. The summed E-state index contributed by atoms with van der Waals surface area (Å²) in [7, 11) is 2.13. The minimum atomic E-state index is 0. The zero-order valence-corrected chi connectivity index (χ0v) is 14.6. The molecule has 0 aliphatic carbocycles. The van der Waals surface area contributed by atoms with Crippen LogP contribution < -0.4 is 5.32 Å². The zero-order valence-electron chi connectivity index (χ0n) is 12.2. The van der Waals surface area contributed by atoms with Crippen molar-refractivity contribution in [2.24, 2.45) is 4.99 Å². The van der Waals surface area contributed by atoms with E-state index in [0.29, 0.717) is 0 Å². The van der Waals surface area contributed by atoms with E-state index in [2.05, 4.69) is 22.3 Å². The molecule has 3 heterocycles. The van der Waals surface area contributed by atoms with Gasteiger partial charge in [-0.05, 0) is 31.2 Å². The molecule has 0 bridgehead atoms. The first kappa shape index (κ1) is 17.4. The summed E-state index contributed by atoms with van der Waals surface area (Å²) in [5.74, 6) is 1.77. The summed E-state index contributed by atoms with van der Waals surface area (Å²) in [6, 6.07) is 3.90. The summed E-state index contributed by atoms with van der Waals surface area (Å²) in [6.45, 7) is 3.58. The van der Waals surface area contributed by atoms with Crippen molar-refractivity contribution in [3.05, 3.63) is 34.0 Å². The number of aliphatic imine (C=N–C) groups is 1. The first-order valence-corrected chi connectivity index (χ1v) is 7.32. The van der Waals surface area contributed by atoms with Crippen LogP contribution in [0.15, 0.2) is 21.5 Å². The molecule has 0 amide bonds. The van der Waals surface area contributed by atoms with E-state index < -0.39 is 0 Å². The molecule has 7 heteroatoms. The van der Waals surface area contributed by atoms with E-state index in [-0.39, 0.29) is 24.8 Å². The molecular weight excluding hydrogens is 345 g/mol. The van der Waals surface area contributed by atoms with Gasteiger partial charge in [-0.25, -0.2) is 0 Å². The molecule has 22 heavy (non-hydrogen) atoms. The number of furan rings is 1. The van der Waals surface area contributed by atoms with Crippen molar-refractivity contribution >= 4 is 53.2 Å². The SMILES string of the molecule is CN1CCc2c(Cl)ccc3oc(C4=NCCN4)c(c23)C1.Cl.Cl. The standard InChI is InChI=1S/C15H16ClN3O.2ClH/c1-19-7-4-9-11(16)2-3-12-13(9)10(8-19)14(20-12)15-17-5-6-18-15;;/h2-3H,4-8H2,1H3,(H,17,18);2*1H. The first-order valence-electron chi connectivity index (χ1n) is 6.94. The topological polar surface area (TPSA) is 40.8 Å². The van der Waals surface area contributed by atoms with Gasteiger partial charge in [0, 0.05) is 35.6 Å². The van der Waals surface area contributed by atoms with Gasteiger partial charge in [0.25, 0.3) is 0 Å². The number of halogens is 3. The van der Waals surface area contributed by atoms with Gasteiger partial charge in [-0.2, -0.15) is 0 Å². The summed E-state index contributed by atoms with van der Waals surface area (Å²) >= 11 is 6.39.